The van der Waals surface area contributed by atoms with Crippen molar-refractivity contribution < 1.29 is 4.74 Å². The predicted molar refractivity (Wildman–Crippen MR) is 91.9 cm³/mol. The van der Waals surface area contributed by atoms with Crippen LogP contribution >= 0.6 is 39.5 Å². The van der Waals surface area contributed by atoms with E-state index in [4.69, 9.17) is 16.3 Å². The molecule has 21 heavy (non-hydrogen) atoms. The Morgan fingerprint density at radius 2 is 2.14 bits per heavy atom. The average Bonchev–Trinajstić information content (AvgIpc) is 2.49. The number of anilines is 1. The summed E-state index contributed by atoms with van der Waals surface area (Å²) in [5.74, 6) is 1.33. The van der Waals surface area contributed by atoms with E-state index in [-0.39, 0.29) is 0 Å². The molecule has 0 aromatic heterocycles. The van der Waals surface area contributed by atoms with E-state index in [2.05, 4.69) is 31.0 Å². The highest BCUT2D eigenvalue weighted by molar-refractivity contribution is 9.10. The highest BCUT2D eigenvalue weighted by atomic mass is 79.9. The van der Waals surface area contributed by atoms with E-state index in [1.54, 1.807) is 7.11 Å². The second kappa shape index (κ2) is 6.17. The fourth-order valence-electron chi connectivity index (χ4n) is 1.88. The van der Waals surface area contributed by atoms with Crippen LogP contribution in [0.4, 0.5) is 11.4 Å². The van der Waals surface area contributed by atoms with Gasteiger partial charge >= 0.3 is 0 Å². The van der Waals surface area contributed by atoms with Gasteiger partial charge in [0, 0.05) is 4.47 Å². The second-order valence-corrected chi connectivity index (χ2v) is 6.40. The predicted octanol–water partition coefficient (Wildman–Crippen LogP) is 4.82. The first-order valence-electron chi connectivity index (χ1n) is 6.08. The molecule has 0 spiro atoms. The lowest BCUT2D eigenvalue weighted by atomic mass is 10.3. The number of guanidine groups is 1. The monoisotopic (exact) mass is 383 g/mol. The van der Waals surface area contributed by atoms with Crippen molar-refractivity contribution in [3.8, 4) is 5.75 Å². The molecule has 0 unspecified atom stereocenters. The Morgan fingerprint density at radius 3 is 2.90 bits per heavy atom. The largest absolute Gasteiger partial charge is 0.494 e. The van der Waals surface area contributed by atoms with Gasteiger partial charge in [-0.3, -0.25) is 4.72 Å². The number of fused-ring (bicyclic) bond motifs is 1. The minimum atomic E-state index is 0.612. The Kier molecular flexibility index (Phi) is 4.28. The molecule has 1 aliphatic rings. The van der Waals surface area contributed by atoms with Gasteiger partial charge in [0.15, 0.2) is 0 Å². The van der Waals surface area contributed by atoms with Gasteiger partial charge in [-0.25, -0.2) is 4.99 Å². The zero-order valence-electron chi connectivity index (χ0n) is 11.0. The van der Waals surface area contributed by atoms with Crippen LogP contribution in [0.1, 0.15) is 0 Å². The zero-order valence-corrected chi connectivity index (χ0v) is 14.1. The van der Waals surface area contributed by atoms with Crippen molar-refractivity contribution in [1.29, 1.82) is 0 Å². The van der Waals surface area contributed by atoms with Gasteiger partial charge in [-0.15, -0.1) is 0 Å². The summed E-state index contributed by atoms with van der Waals surface area (Å²) in [6.07, 6.45) is 0. The smallest absolute Gasteiger partial charge is 0.211 e. The van der Waals surface area contributed by atoms with Crippen LogP contribution in [0.15, 0.2) is 50.8 Å². The van der Waals surface area contributed by atoms with Gasteiger partial charge in [0.1, 0.15) is 11.4 Å². The molecular formula is C14H11BrClN3OS. The molecule has 0 bridgehead atoms. The molecule has 0 amide bonds. The normalized spacial score (nSPS) is 13.0. The maximum absolute atomic E-state index is 6.14. The summed E-state index contributed by atoms with van der Waals surface area (Å²) in [5, 5.41) is 3.81. The quantitative estimate of drug-likeness (QED) is 0.729. The van der Waals surface area contributed by atoms with E-state index in [9.17, 15) is 0 Å². The number of hydrogen-bond acceptors (Lipinski definition) is 5. The molecule has 0 saturated carbocycles. The van der Waals surface area contributed by atoms with Crippen LogP contribution in [0.5, 0.6) is 5.75 Å². The number of nitrogens with one attached hydrogen (secondary N) is 2. The fourth-order valence-corrected chi connectivity index (χ4v) is 3.38. The third kappa shape index (κ3) is 3.12. The SMILES string of the molecule is COc1cc(Br)cc2c1N=C(Nc1ccccc1Cl)NS2. The molecule has 3 rings (SSSR count). The van der Waals surface area contributed by atoms with Gasteiger partial charge in [0.2, 0.25) is 5.96 Å². The van der Waals surface area contributed by atoms with Gasteiger partial charge < -0.3 is 10.1 Å². The van der Waals surface area contributed by atoms with Crippen LogP contribution in [-0.2, 0) is 0 Å². The topological polar surface area (TPSA) is 45.6 Å². The zero-order chi connectivity index (χ0) is 14.8. The van der Waals surface area contributed by atoms with Crippen molar-refractivity contribution in [3.05, 3.63) is 45.9 Å². The molecule has 2 aromatic rings. The van der Waals surface area contributed by atoms with E-state index in [1.807, 2.05) is 36.4 Å². The molecule has 1 heterocycles. The lowest BCUT2D eigenvalue weighted by Gasteiger charge is -2.20. The van der Waals surface area contributed by atoms with E-state index in [0.29, 0.717) is 16.7 Å². The fraction of sp³-hybridized carbons (Fsp3) is 0.0714. The van der Waals surface area contributed by atoms with E-state index < -0.39 is 0 Å². The number of benzene rings is 2. The Labute approximate surface area is 140 Å². The highest BCUT2D eigenvalue weighted by Crippen LogP contribution is 2.41. The lowest BCUT2D eigenvalue weighted by Crippen LogP contribution is -2.27. The van der Waals surface area contributed by atoms with E-state index in [0.717, 1.165) is 20.7 Å². The van der Waals surface area contributed by atoms with Crippen molar-refractivity contribution in [3.63, 3.8) is 0 Å². The molecule has 0 saturated heterocycles. The Balaban J connectivity index is 1.95. The van der Waals surface area contributed by atoms with Crippen molar-refractivity contribution in [2.45, 2.75) is 4.90 Å². The molecule has 1 aliphatic heterocycles. The Hall–Kier alpha value is -1.37. The van der Waals surface area contributed by atoms with Gasteiger partial charge in [0.05, 0.1) is 22.7 Å². The average molecular weight is 385 g/mol. The summed E-state index contributed by atoms with van der Waals surface area (Å²) < 4.78 is 9.48. The first-order chi connectivity index (χ1) is 10.2. The number of methoxy groups -OCH3 is 1. The highest BCUT2D eigenvalue weighted by Gasteiger charge is 2.18. The van der Waals surface area contributed by atoms with Crippen molar-refractivity contribution >= 4 is 56.8 Å². The maximum Gasteiger partial charge on any atom is 0.211 e. The first-order valence-corrected chi connectivity index (χ1v) is 8.07. The molecular weight excluding hydrogens is 374 g/mol. The maximum atomic E-state index is 6.14. The molecule has 108 valence electrons. The third-order valence-corrected chi connectivity index (χ3v) is 4.45. The number of para-hydroxylation sites is 1. The summed E-state index contributed by atoms with van der Waals surface area (Å²) in [6.45, 7) is 0. The number of hydrogen-bond donors (Lipinski definition) is 2. The minimum Gasteiger partial charge on any atom is -0.494 e. The standard InChI is InChI=1S/C14H11BrClN3OS/c1-20-11-6-8(15)7-12-13(11)18-14(19-21-12)17-10-5-3-2-4-9(10)16/h2-7H,1H3,(H2,17,18,19). The molecule has 0 radical (unpaired) electrons. The van der Waals surface area contributed by atoms with E-state index in [1.165, 1.54) is 11.9 Å². The van der Waals surface area contributed by atoms with Gasteiger partial charge in [-0.2, -0.15) is 0 Å². The van der Waals surface area contributed by atoms with Crippen molar-refractivity contribution in [2.24, 2.45) is 4.99 Å². The van der Waals surface area contributed by atoms with Crippen LogP contribution in [0.3, 0.4) is 0 Å². The Bertz CT molecular complexity index is 723. The van der Waals surface area contributed by atoms with Crippen LogP contribution in [0.2, 0.25) is 5.02 Å². The molecule has 7 heteroatoms. The van der Waals surface area contributed by atoms with Gasteiger partial charge in [-0.05, 0) is 36.2 Å². The number of nitrogens with zero attached hydrogens (tertiary/aromatic N) is 1. The summed E-state index contributed by atoms with van der Waals surface area (Å²) in [7, 11) is 1.63. The first kappa shape index (κ1) is 14.6. The number of ether oxygens (including phenoxy) is 1. The van der Waals surface area contributed by atoms with Crippen LogP contribution < -0.4 is 14.8 Å². The molecule has 0 atom stereocenters. The molecule has 2 aromatic carbocycles. The van der Waals surface area contributed by atoms with Crippen LogP contribution in [0, 0.1) is 0 Å². The summed E-state index contributed by atoms with van der Waals surface area (Å²) in [6, 6.07) is 11.4. The second-order valence-electron chi connectivity index (χ2n) is 4.22. The summed E-state index contributed by atoms with van der Waals surface area (Å²) in [5.41, 5.74) is 1.59. The number of aliphatic imine (C=N–C) groups is 1. The Morgan fingerprint density at radius 1 is 1.33 bits per heavy atom. The summed E-state index contributed by atoms with van der Waals surface area (Å²) in [4.78, 5) is 5.55. The third-order valence-electron chi connectivity index (χ3n) is 2.83. The molecule has 2 N–H and O–H groups in total. The van der Waals surface area contributed by atoms with Gasteiger partial charge in [0.25, 0.3) is 0 Å². The molecule has 0 aliphatic carbocycles. The van der Waals surface area contributed by atoms with Crippen LogP contribution in [0.25, 0.3) is 0 Å². The van der Waals surface area contributed by atoms with Crippen molar-refractivity contribution in [2.75, 3.05) is 12.4 Å². The van der Waals surface area contributed by atoms with E-state index >= 15 is 0 Å². The van der Waals surface area contributed by atoms with Crippen LogP contribution in [-0.4, -0.2) is 13.1 Å². The number of halogens is 2. The number of rotatable bonds is 2. The van der Waals surface area contributed by atoms with Crippen molar-refractivity contribution in [1.82, 2.24) is 4.72 Å². The summed E-state index contributed by atoms with van der Waals surface area (Å²) >= 11 is 11.1. The lowest BCUT2D eigenvalue weighted by molar-refractivity contribution is 0.415. The molecule has 0 fully saturated rings. The molecule has 4 nitrogen and oxygen atoms in total. The van der Waals surface area contributed by atoms with Gasteiger partial charge in [-0.1, -0.05) is 39.7 Å². The minimum absolute atomic E-state index is 0.612.